The van der Waals surface area contributed by atoms with Crippen LogP contribution >= 0.6 is 12.2 Å². The molecule has 0 spiro atoms. The van der Waals surface area contributed by atoms with Gasteiger partial charge in [0, 0.05) is 12.5 Å². The number of nitrogens with zero attached hydrogens (tertiary/aromatic N) is 2. The van der Waals surface area contributed by atoms with Crippen LogP contribution in [0.15, 0.2) is 78.9 Å². The van der Waals surface area contributed by atoms with Gasteiger partial charge in [0.1, 0.15) is 11.9 Å². The van der Waals surface area contributed by atoms with Crippen molar-refractivity contribution in [1.82, 2.24) is 4.90 Å². The number of halogens is 3. The lowest BCUT2D eigenvalue weighted by atomic mass is 9.81. The van der Waals surface area contributed by atoms with E-state index < -0.39 is 35.6 Å². The van der Waals surface area contributed by atoms with Gasteiger partial charge in [-0.15, -0.1) is 0 Å². The third-order valence-corrected chi connectivity index (χ3v) is 9.52. The Balaban J connectivity index is 0.000000301. The van der Waals surface area contributed by atoms with Crippen LogP contribution in [0.2, 0.25) is 0 Å². The summed E-state index contributed by atoms with van der Waals surface area (Å²) in [5, 5.41) is 18.7. The van der Waals surface area contributed by atoms with Gasteiger partial charge in [-0.2, -0.15) is 0 Å². The average molecular weight is 762 g/mol. The van der Waals surface area contributed by atoms with Crippen LogP contribution in [0.25, 0.3) is 0 Å². The number of aliphatic hydroxyl groups is 2. The molecule has 294 valence electrons. The van der Waals surface area contributed by atoms with Crippen LogP contribution in [0.3, 0.4) is 0 Å². The first-order valence-corrected chi connectivity index (χ1v) is 19.0. The molecule has 1 saturated carbocycles. The monoisotopic (exact) mass is 761 g/mol. The lowest BCUT2D eigenvalue weighted by Gasteiger charge is -2.30. The van der Waals surface area contributed by atoms with Crippen molar-refractivity contribution in [3.05, 3.63) is 101 Å². The first-order valence-electron chi connectivity index (χ1n) is 18.6. The number of carbonyl (C=O) groups excluding carboxylic acids is 1. The van der Waals surface area contributed by atoms with Crippen molar-refractivity contribution >= 4 is 29.0 Å². The van der Waals surface area contributed by atoms with Crippen molar-refractivity contribution in [3.8, 4) is 0 Å². The molecule has 1 aliphatic heterocycles. The highest BCUT2D eigenvalue weighted by molar-refractivity contribution is 7.80. The number of aliphatic hydroxyl groups excluding tert-OH is 2. The Bertz CT molecular complexity index is 1420. The van der Waals surface area contributed by atoms with Crippen molar-refractivity contribution in [2.24, 2.45) is 5.73 Å². The molecule has 2 aliphatic rings. The predicted octanol–water partition coefficient (Wildman–Crippen LogP) is 8.29. The van der Waals surface area contributed by atoms with E-state index in [-0.39, 0.29) is 31.1 Å². The molecular weight excluding hydrogens is 704 g/mol. The number of benzene rings is 3. The maximum Gasteiger partial charge on any atom is 0.414 e. The number of anilines is 1. The van der Waals surface area contributed by atoms with E-state index in [0.717, 1.165) is 11.1 Å². The van der Waals surface area contributed by atoms with Crippen molar-refractivity contribution < 1.29 is 37.7 Å². The van der Waals surface area contributed by atoms with Gasteiger partial charge in [-0.1, -0.05) is 101 Å². The van der Waals surface area contributed by atoms with Crippen LogP contribution in [0.5, 0.6) is 0 Å². The Morgan fingerprint density at radius 3 is 1.94 bits per heavy atom. The smallest absolute Gasteiger partial charge is 0.414 e. The zero-order valence-electron chi connectivity index (χ0n) is 31.7. The molecule has 3 aromatic rings. The summed E-state index contributed by atoms with van der Waals surface area (Å²) < 4.78 is 49.2. The van der Waals surface area contributed by atoms with Gasteiger partial charge in [0.05, 0.1) is 31.0 Å². The number of thiocarbonyl (C=S) groups is 1. The summed E-state index contributed by atoms with van der Waals surface area (Å²) in [6.07, 6.45) is -3.16. The lowest BCUT2D eigenvalue weighted by molar-refractivity contribution is -0.0152. The van der Waals surface area contributed by atoms with E-state index in [1.165, 1.54) is 30.6 Å². The predicted molar refractivity (Wildman–Crippen MR) is 210 cm³/mol. The molecule has 3 aromatic carbocycles. The van der Waals surface area contributed by atoms with Gasteiger partial charge in [-0.3, -0.25) is 4.90 Å². The maximum atomic E-state index is 14.5. The summed E-state index contributed by atoms with van der Waals surface area (Å²) in [7, 11) is 0. The second-order valence-electron chi connectivity index (χ2n) is 12.5. The number of nitrogens with two attached hydrogens (primary N) is 1. The van der Waals surface area contributed by atoms with Gasteiger partial charge < -0.3 is 30.3 Å². The van der Waals surface area contributed by atoms with Gasteiger partial charge in [0.25, 0.3) is 0 Å². The van der Waals surface area contributed by atoms with Gasteiger partial charge in [0.15, 0.2) is 0 Å². The van der Waals surface area contributed by atoms with Crippen LogP contribution in [0.4, 0.5) is 23.7 Å². The number of carbonyl (C=O) groups is 1. The number of alkyl halides is 2. The van der Waals surface area contributed by atoms with E-state index in [2.05, 4.69) is 37.9 Å². The minimum Gasteiger partial charge on any atom is -0.482 e. The van der Waals surface area contributed by atoms with E-state index in [1.54, 1.807) is 12.1 Å². The highest BCUT2D eigenvalue weighted by Gasteiger charge is 2.33. The normalized spacial score (nSPS) is 19.4. The lowest BCUT2D eigenvalue weighted by Crippen LogP contribution is -2.33. The standard InChI is InChI=1S/C17H16F2OS.C16H21FN2O4.C6H15N.C2H6/c18-16(19)17(21)20-12-11-15(13-7-3-1-4-8-13)14-9-5-2-6-10-14;17-13-6-10(19-8-11(7-18)23-16(19)22)2-3-12(13)9-1-4-14(20)15(21)5-9;1-4-7(5-2)6-3;1-2/h1-10,15-16H,11-12H2;2-3,6,9,11,14-15,20-21H,1,4-5,7-8,18H2;4-6H2,1-3H3;1-2H3/t;9?,11-,14?,15-;;/m.0../s1. The summed E-state index contributed by atoms with van der Waals surface area (Å²) in [4.78, 5) is 15.5. The Labute approximate surface area is 319 Å². The SMILES string of the molecule is CC.CCN(CC)CC.FC(F)C(=S)OCCC(c1ccccc1)c1ccccc1.NC[C@H]1CN(c2ccc(C3CCC(O)[C@@H](O)C3)c(F)c2)C(=O)O1. The zero-order valence-corrected chi connectivity index (χ0v) is 32.5. The Morgan fingerprint density at radius 2 is 1.51 bits per heavy atom. The first-order chi connectivity index (χ1) is 25.5. The number of hydrogen-bond acceptors (Lipinski definition) is 8. The van der Waals surface area contributed by atoms with Crippen LogP contribution in [-0.2, 0) is 9.47 Å². The molecule has 1 heterocycles. The molecule has 0 bridgehead atoms. The molecular formula is C41H58F3N3O5S. The van der Waals surface area contributed by atoms with Gasteiger partial charge in [-0.05, 0) is 92.3 Å². The molecule has 0 radical (unpaired) electrons. The molecule has 53 heavy (non-hydrogen) atoms. The summed E-state index contributed by atoms with van der Waals surface area (Å²) >= 11 is 4.49. The molecule has 1 aliphatic carbocycles. The fourth-order valence-electron chi connectivity index (χ4n) is 6.19. The fraction of sp³-hybridized carbons (Fsp3) is 0.512. The number of cyclic esters (lactones) is 1. The number of hydrogen-bond donors (Lipinski definition) is 3. The number of ether oxygens (including phenoxy) is 2. The second kappa shape index (κ2) is 24.7. The van der Waals surface area contributed by atoms with Crippen molar-refractivity contribution in [1.29, 1.82) is 0 Å². The first kappa shape index (κ1) is 45.6. The maximum absolute atomic E-state index is 14.5. The molecule has 2 fully saturated rings. The molecule has 12 heteroatoms. The Hall–Kier alpha value is -3.55. The van der Waals surface area contributed by atoms with Gasteiger partial charge in [0.2, 0.25) is 5.05 Å². The van der Waals surface area contributed by atoms with Crippen LogP contribution in [-0.4, -0.2) is 90.3 Å². The minimum atomic E-state index is -2.70. The van der Waals surface area contributed by atoms with E-state index in [0.29, 0.717) is 43.5 Å². The summed E-state index contributed by atoms with van der Waals surface area (Å²) in [5.74, 6) is -0.447. The third-order valence-electron chi connectivity index (χ3n) is 9.23. The number of amides is 1. The highest BCUT2D eigenvalue weighted by Crippen LogP contribution is 2.36. The van der Waals surface area contributed by atoms with Crippen LogP contribution < -0.4 is 10.6 Å². The van der Waals surface area contributed by atoms with E-state index in [4.69, 9.17) is 15.2 Å². The Morgan fingerprint density at radius 1 is 0.943 bits per heavy atom. The number of rotatable bonds is 12. The van der Waals surface area contributed by atoms with E-state index >= 15 is 0 Å². The largest absolute Gasteiger partial charge is 0.482 e. The van der Waals surface area contributed by atoms with Gasteiger partial charge >= 0.3 is 12.5 Å². The van der Waals surface area contributed by atoms with Crippen molar-refractivity contribution in [3.63, 3.8) is 0 Å². The summed E-state index contributed by atoms with van der Waals surface area (Å²) in [6, 6.07) is 24.5. The van der Waals surface area contributed by atoms with Crippen molar-refractivity contribution in [2.45, 2.75) is 96.9 Å². The van der Waals surface area contributed by atoms with Gasteiger partial charge in [-0.25, -0.2) is 18.0 Å². The van der Waals surface area contributed by atoms with E-state index in [1.807, 2.05) is 74.5 Å². The van der Waals surface area contributed by atoms with Crippen LogP contribution in [0, 0.1) is 5.82 Å². The molecule has 1 amide bonds. The summed E-state index contributed by atoms with van der Waals surface area (Å²) in [5.41, 5.74) is 8.70. The average Bonchev–Trinajstić information content (AvgIpc) is 3.57. The topological polar surface area (TPSA) is 108 Å². The van der Waals surface area contributed by atoms with E-state index in [9.17, 15) is 28.2 Å². The quantitative estimate of drug-likeness (QED) is 0.158. The minimum absolute atomic E-state index is 0.105. The summed E-state index contributed by atoms with van der Waals surface area (Å²) in [6.45, 7) is 14.8. The molecule has 2 unspecified atom stereocenters. The molecule has 4 atom stereocenters. The third kappa shape index (κ3) is 14.7. The highest BCUT2D eigenvalue weighted by atomic mass is 32.1. The zero-order chi connectivity index (χ0) is 39.3. The molecule has 1 saturated heterocycles. The Kier molecular flexibility index (Phi) is 21.3. The van der Waals surface area contributed by atoms with Crippen molar-refractivity contribution in [2.75, 3.05) is 44.2 Å². The second-order valence-corrected chi connectivity index (χ2v) is 12.9. The molecule has 0 aromatic heterocycles. The molecule has 5 rings (SSSR count). The molecule has 8 nitrogen and oxygen atoms in total. The molecule has 4 N–H and O–H groups in total. The fourth-order valence-corrected chi connectivity index (χ4v) is 6.27. The van der Waals surface area contributed by atoms with Crippen LogP contribution in [0.1, 0.15) is 88.8 Å².